The van der Waals surface area contributed by atoms with E-state index < -0.39 is 16.1 Å². The average molecular weight is 291 g/mol. The second kappa shape index (κ2) is 6.17. The van der Waals surface area contributed by atoms with Gasteiger partial charge >= 0.3 is 0 Å². The number of hydrogen-bond acceptors (Lipinski definition) is 3. The van der Waals surface area contributed by atoms with Gasteiger partial charge in [-0.2, -0.15) is 0 Å². The maximum absolute atomic E-state index is 12.4. The van der Waals surface area contributed by atoms with Crippen molar-refractivity contribution in [3.63, 3.8) is 0 Å². The molecule has 1 atom stereocenters. The van der Waals surface area contributed by atoms with E-state index >= 15 is 0 Å². The van der Waals surface area contributed by atoms with Gasteiger partial charge in [0.2, 0.25) is 10.0 Å². The highest BCUT2D eigenvalue weighted by molar-refractivity contribution is 7.89. The normalized spacial score (nSPS) is 13.1. The smallest absolute Gasteiger partial charge is 0.241 e. The fourth-order valence-corrected chi connectivity index (χ4v) is 3.47. The number of aliphatic hydroxyl groups is 1. The highest BCUT2D eigenvalue weighted by Gasteiger charge is 2.21. The standard InChI is InChI=1S/C15H17NO3S/c1-12-7-5-6-10-15(12)20(18,19)16-14(11-17)13-8-3-2-4-9-13/h2-10,14,16-17H,11H2,1H3/t14-/m0/s1. The van der Waals surface area contributed by atoms with Crippen molar-refractivity contribution in [3.05, 3.63) is 65.7 Å². The summed E-state index contributed by atoms with van der Waals surface area (Å²) in [7, 11) is -3.66. The molecule has 20 heavy (non-hydrogen) atoms. The van der Waals surface area contributed by atoms with Crippen LogP contribution in [0.3, 0.4) is 0 Å². The lowest BCUT2D eigenvalue weighted by atomic mass is 10.1. The van der Waals surface area contributed by atoms with E-state index in [0.29, 0.717) is 5.56 Å². The largest absolute Gasteiger partial charge is 0.394 e. The van der Waals surface area contributed by atoms with Gasteiger partial charge in [0.05, 0.1) is 17.5 Å². The lowest BCUT2D eigenvalue weighted by Crippen LogP contribution is -2.31. The second-order valence-corrected chi connectivity index (χ2v) is 6.22. The molecule has 106 valence electrons. The lowest BCUT2D eigenvalue weighted by molar-refractivity contribution is 0.259. The van der Waals surface area contributed by atoms with Crippen LogP contribution in [-0.4, -0.2) is 20.1 Å². The van der Waals surface area contributed by atoms with Crippen LogP contribution in [0.5, 0.6) is 0 Å². The number of rotatable bonds is 5. The summed E-state index contributed by atoms with van der Waals surface area (Å²) in [4.78, 5) is 0.231. The number of benzene rings is 2. The Morgan fingerprint density at radius 1 is 1.05 bits per heavy atom. The van der Waals surface area contributed by atoms with E-state index in [4.69, 9.17) is 0 Å². The van der Waals surface area contributed by atoms with Crippen molar-refractivity contribution in [1.82, 2.24) is 4.72 Å². The van der Waals surface area contributed by atoms with Crippen molar-refractivity contribution in [2.75, 3.05) is 6.61 Å². The molecule has 5 heteroatoms. The van der Waals surface area contributed by atoms with Crippen LogP contribution in [0.15, 0.2) is 59.5 Å². The molecule has 0 unspecified atom stereocenters. The molecule has 0 bridgehead atoms. The molecule has 0 heterocycles. The predicted octanol–water partition coefficient (Wildman–Crippen LogP) is 2.01. The van der Waals surface area contributed by atoms with Crippen LogP contribution in [0.25, 0.3) is 0 Å². The monoisotopic (exact) mass is 291 g/mol. The summed E-state index contributed by atoms with van der Waals surface area (Å²) < 4.78 is 27.3. The van der Waals surface area contributed by atoms with Crippen LogP contribution >= 0.6 is 0 Å². The zero-order chi connectivity index (χ0) is 14.6. The van der Waals surface area contributed by atoms with Gasteiger partial charge in [-0.15, -0.1) is 0 Å². The SMILES string of the molecule is Cc1ccccc1S(=O)(=O)N[C@@H](CO)c1ccccc1. The topological polar surface area (TPSA) is 66.4 Å². The molecular formula is C15H17NO3S. The molecule has 2 N–H and O–H groups in total. The van der Waals surface area contributed by atoms with E-state index in [-0.39, 0.29) is 11.5 Å². The summed E-state index contributed by atoms with van der Waals surface area (Å²) in [5.41, 5.74) is 1.40. The fourth-order valence-electron chi connectivity index (χ4n) is 2.00. The lowest BCUT2D eigenvalue weighted by Gasteiger charge is -2.17. The summed E-state index contributed by atoms with van der Waals surface area (Å²) in [5, 5.41) is 9.43. The molecule has 4 nitrogen and oxygen atoms in total. The zero-order valence-electron chi connectivity index (χ0n) is 11.2. The first-order valence-electron chi connectivity index (χ1n) is 6.28. The maximum atomic E-state index is 12.4. The van der Waals surface area contributed by atoms with E-state index in [1.54, 1.807) is 55.5 Å². The Hall–Kier alpha value is -1.69. The highest BCUT2D eigenvalue weighted by Crippen LogP contribution is 2.19. The Kier molecular flexibility index (Phi) is 4.54. The summed E-state index contributed by atoms with van der Waals surface area (Å²) in [6, 6.07) is 15.1. The van der Waals surface area contributed by atoms with E-state index in [1.165, 1.54) is 0 Å². The number of nitrogens with one attached hydrogen (secondary N) is 1. The van der Waals surface area contributed by atoms with Crippen LogP contribution < -0.4 is 4.72 Å². The summed E-state index contributed by atoms with van der Waals surface area (Å²) >= 11 is 0. The van der Waals surface area contributed by atoms with Gasteiger partial charge in [0, 0.05) is 0 Å². The van der Waals surface area contributed by atoms with Crippen molar-refractivity contribution >= 4 is 10.0 Å². The number of hydrogen-bond donors (Lipinski definition) is 2. The molecule has 2 rings (SSSR count). The second-order valence-electron chi connectivity index (χ2n) is 4.53. The van der Waals surface area contributed by atoms with E-state index in [1.807, 2.05) is 6.07 Å². The minimum absolute atomic E-state index is 0.231. The Balaban J connectivity index is 2.30. The Morgan fingerprint density at radius 3 is 2.25 bits per heavy atom. The first-order valence-corrected chi connectivity index (χ1v) is 7.76. The van der Waals surface area contributed by atoms with Gasteiger partial charge in [-0.05, 0) is 24.1 Å². The molecule has 0 saturated heterocycles. The highest BCUT2D eigenvalue weighted by atomic mass is 32.2. The molecule has 0 amide bonds. The van der Waals surface area contributed by atoms with Crippen molar-refractivity contribution < 1.29 is 13.5 Å². The van der Waals surface area contributed by atoms with Gasteiger partial charge in [-0.1, -0.05) is 48.5 Å². The van der Waals surface area contributed by atoms with Crippen molar-refractivity contribution in [2.45, 2.75) is 17.9 Å². The van der Waals surface area contributed by atoms with Gasteiger partial charge in [0.15, 0.2) is 0 Å². The van der Waals surface area contributed by atoms with Crippen molar-refractivity contribution in [2.24, 2.45) is 0 Å². The summed E-state index contributed by atoms with van der Waals surface area (Å²) in [6.07, 6.45) is 0. The average Bonchev–Trinajstić information content (AvgIpc) is 2.46. The molecule has 2 aromatic carbocycles. The first-order chi connectivity index (χ1) is 9.54. The molecule has 0 saturated carbocycles. The Bertz CT molecular complexity index is 669. The van der Waals surface area contributed by atoms with Gasteiger partial charge in [-0.3, -0.25) is 0 Å². The van der Waals surface area contributed by atoms with Crippen molar-refractivity contribution in [1.29, 1.82) is 0 Å². The minimum Gasteiger partial charge on any atom is -0.394 e. The fraction of sp³-hybridized carbons (Fsp3) is 0.200. The summed E-state index contributed by atoms with van der Waals surface area (Å²) in [5.74, 6) is 0. The molecule has 0 aliphatic carbocycles. The molecule has 0 aromatic heterocycles. The predicted molar refractivity (Wildman–Crippen MR) is 77.8 cm³/mol. The van der Waals surface area contributed by atoms with E-state index in [9.17, 15) is 13.5 Å². The molecule has 0 aliphatic rings. The third-order valence-corrected chi connectivity index (χ3v) is 4.70. The third-order valence-electron chi connectivity index (χ3n) is 3.07. The van der Waals surface area contributed by atoms with Gasteiger partial charge in [-0.25, -0.2) is 13.1 Å². The maximum Gasteiger partial charge on any atom is 0.241 e. The van der Waals surface area contributed by atoms with Crippen LogP contribution in [-0.2, 0) is 10.0 Å². The van der Waals surface area contributed by atoms with Crippen LogP contribution in [0.4, 0.5) is 0 Å². The van der Waals surface area contributed by atoms with Gasteiger partial charge in [0.25, 0.3) is 0 Å². The number of sulfonamides is 1. The number of aryl methyl sites for hydroxylation is 1. The molecular weight excluding hydrogens is 274 g/mol. The Labute approximate surface area is 119 Å². The van der Waals surface area contributed by atoms with Crippen molar-refractivity contribution in [3.8, 4) is 0 Å². The van der Waals surface area contributed by atoms with E-state index in [2.05, 4.69) is 4.72 Å². The molecule has 0 spiro atoms. The van der Waals surface area contributed by atoms with Gasteiger partial charge < -0.3 is 5.11 Å². The number of aliphatic hydroxyl groups excluding tert-OH is 1. The van der Waals surface area contributed by atoms with Crippen LogP contribution in [0, 0.1) is 6.92 Å². The van der Waals surface area contributed by atoms with Gasteiger partial charge in [0.1, 0.15) is 0 Å². The Morgan fingerprint density at radius 2 is 1.65 bits per heavy atom. The quantitative estimate of drug-likeness (QED) is 0.885. The molecule has 0 aliphatic heterocycles. The molecule has 2 aromatic rings. The minimum atomic E-state index is -3.66. The first kappa shape index (κ1) is 14.7. The van der Waals surface area contributed by atoms with Crippen LogP contribution in [0.1, 0.15) is 17.2 Å². The van der Waals surface area contributed by atoms with Crippen LogP contribution in [0.2, 0.25) is 0 Å². The summed E-state index contributed by atoms with van der Waals surface area (Å²) in [6.45, 7) is 1.44. The third kappa shape index (κ3) is 3.25. The zero-order valence-corrected chi connectivity index (χ0v) is 12.0. The van der Waals surface area contributed by atoms with E-state index in [0.717, 1.165) is 5.56 Å². The molecule has 0 fully saturated rings. The molecule has 0 radical (unpaired) electrons.